The fraction of sp³-hybridized carbons (Fsp3) is 0.600. The van der Waals surface area contributed by atoms with Gasteiger partial charge < -0.3 is 5.32 Å². The minimum atomic E-state index is -2.54. The molecule has 0 fully saturated rings. The maximum absolute atomic E-state index is 13.1. The Morgan fingerprint density at radius 3 is 2.46 bits per heavy atom. The summed E-state index contributed by atoms with van der Waals surface area (Å²) in [6.45, 7) is 6.34. The molecule has 1 N–H and O–H groups in total. The monoisotopic (exact) mass is 425 g/mol. The third-order valence-corrected chi connectivity index (χ3v) is 5.51. The third kappa shape index (κ3) is 7.67. The van der Waals surface area contributed by atoms with Crippen LogP contribution < -0.4 is 5.32 Å². The van der Waals surface area contributed by atoms with Gasteiger partial charge in [0, 0.05) is 13.6 Å². The predicted octanol–water partition coefficient (Wildman–Crippen LogP) is 4.49. The zero-order valence-electron chi connectivity index (χ0n) is 17.2. The van der Waals surface area contributed by atoms with E-state index in [4.69, 9.17) is 12.2 Å². The molecule has 0 radical (unpaired) electrons. The number of aryl methyl sites for hydroxylation is 1. The van der Waals surface area contributed by atoms with Crippen LogP contribution in [0, 0.1) is 6.92 Å². The van der Waals surface area contributed by atoms with E-state index in [1.165, 1.54) is 19.3 Å². The molecule has 6 nitrogen and oxygen atoms in total. The molecule has 28 heavy (non-hydrogen) atoms. The van der Waals surface area contributed by atoms with E-state index in [0.717, 1.165) is 24.8 Å². The Morgan fingerprint density at radius 1 is 1.21 bits per heavy atom. The molecule has 1 aromatic carbocycles. The van der Waals surface area contributed by atoms with Crippen molar-refractivity contribution in [3.63, 3.8) is 0 Å². The minimum absolute atomic E-state index is 0.106. The van der Waals surface area contributed by atoms with Gasteiger partial charge in [0.05, 0.1) is 11.6 Å². The molecule has 0 aliphatic rings. The normalized spacial score (nSPS) is 11.6. The molecular weight excluding hydrogens is 394 g/mol. The van der Waals surface area contributed by atoms with Crippen molar-refractivity contribution >= 4 is 39.4 Å². The van der Waals surface area contributed by atoms with Gasteiger partial charge in [-0.25, -0.2) is 0 Å². The molecule has 1 unspecified atom stereocenters. The minimum Gasteiger partial charge on any atom is -0.365 e. The van der Waals surface area contributed by atoms with Crippen molar-refractivity contribution in [2.24, 2.45) is 4.36 Å². The average Bonchev–Trinajstić information content (AvgIpc) is 2.67. The van der Waals surface area contributed by atoms with Gasteiger partial charge in [-0.2, -0.15) is 8.42 Å². The second-order valence-electron chi connectivity index (χ2n) is 6.89. The third-order valence-electron chi connectivity index (χ3n) is 4.74. The lowest BCUT2D eigenvalue weighted by molar-refractivity contribution is -0.128. The van der Waals surface area contributed by atoms with Crippen LogP contribution in [0.1, 0.15) is 69.4 Å². The molecule has 1 rings (SSSR count). The van der Waals surface area contributed by atoms with Crippen molar-refractivity contribution in [1.29, 1.82) is 0 Å². The molecule has 1 amide bonds. The van der Waals surface area contributed by atoms with Crippen LogP contribution >= 0.6 is 12.2 Å². The van der Waals surface area contributed by atoms with Gasteiger partial charge in [-0.15, -0.1) is 4.36 Å². The van der Waals surface area contributed by atoms with E-state index in [9.17, 15) is 13.2 Å². The zero-order chi connectivity index (χ0) is 21.1. The van der Waals surface area contributed by atoms with E-state index in [2.05, 4.69) is 16.6 Å². The number of nitrogens with zero attached hydrogens (tertiary/aromatic N) is 2. The fourth-order valence-electron chi connectivity index (χ4n) is 2.95. The average molecular weight is 426 g/mol. The van der Waals surface area contributed by atoms with Crippen molar-refractivity contribution in [3.05, 3.63) is 29.3 Å². The van der Waals surface area contributed by atoms with Crippen LogP contribution in [0.3, 0.4) is 0 Å². The standard InChI is InChI=1S/C20H31N3O3S2/c1-5-6-7-8-9-10-13-23(20(27)21-4)19(24)16(3)17-12-11-15(2)18(14-17)22-28(25)26/h11-12,14,16H,5-10,13H2,1-4H3,(H,21,27). The van der Waals surface area contributed by atoms with Crippen molar-refractivity contribution in [2.75, 3.05) is 13.6 Å². The molecule has 0 aliphatic carbocycles. The van der Waals surface area contributed by atoms with E-state index >= 15 is 0 Å². The first kappa shape index (κ1) is 24.2. The van der Waals surface area contributed by atoms with Gasteiger partial charge in [0.15, 0.2) is 5.11 Å². The first-order valence-electron chi connectivity index (χ1n) is 9.76. The van der Waals surface area contributed by atoms with Crippen LogP contribution in [0.5, 0.6) is 0 Å². The smallest absolute Gasteiger partial charge is 0.316 e. The molecule has 156 valence electrons. The number of rotatable bonds is 10. The van der Waals surface area contributed by atoms with Crippen molar-refractivity contribution in [3.8, 4) is 0 Å². The van der Waals surface area contributed by atoms with Crippen LogP contribution in [0.25, 0.3) is 0 Å². The molecule has 0 saturated heterocycles. The Kier molecular flexibility index (Phi) is 10.9. The summed E-state index contributed by atoms with van der Waals surface area (Å²) in [5.74, 6) is -0.563. The Morgan fingerprint density at radius 2 is 1.86 bits per heavy atom. The summed E-state index contributed by atoms with van der Waals surface area (Å²) < 4.78 is 25.4. The molecule has 0 spiro atoms. The summed E-state index contributed by atoms with van der Waals surface area (Å²) in [6.07, 6.45) is 6.78. The molecule has 1 atom stereocenters. The Hall–Kier alpha value is -1.80. The van der Waals surface area contributed by atoms with Gasteiger partial charge in [-0.3, -0.25) is 9.69 Å². The summed E-state index contributed by atoms with van der Waals surface area (Å²) >= 11 is 5.34. The number of hydrogen-bond donors (Lipinski definition) is 1. The Balaban J connectivity index is 2.90. The molecule has 0 saturated carbocycles. The second-order valence-corrected chi connectivity index (χ2v) is 7.89. The van der Waals surface area contributed by atoms with Gasteiger partial charge in [-0.1, -0.05) is 51.2 Å². The van der Waals surface area contributed by atoms with Crippen molar-refractivity contribution in [1.82, 2.24) is 10.2 Å². The van der Waals surface area contributed by atoms with Gasteiger partial charge in [0.25, 0.3) is 0 Å². The first-order valence-corrected chi connectivity index (χ1v) is 11.2. The highest BCUT2D eigenvalue weighted by atomic mass is 32.2. The number of unbranched alkanes of at least 4 members (excludes halogenated alkanes) is 5. The topological polar surface area (TPSA) is 78.8 Å². The lowest BCUT2D eigenvalue weighted by atomic mass is 9.97. The molecule has 0 heterocycles. The number of carbonyl (C=O) groups excluding carboxylic acids is 1. The van der Waals surface area contributed by atoms with Crippen LogP contribution in [0.4, 0.5) is 5.69 Å². The molecule has 0 bridgehead atoms. The number of nitrogens with one attached hydrogen (secondary N) is 1. The molecule has 8 heteroatoms. The largest absolute Gasteiger partial charge is 0.365 e. The fourth-order valence-corrected chi connectivity index (χ4v) is 3.49. The highest BCUT2D eigenvalue weighted by Gasteiger charge is 2.24. The van der Waals surface area contributed by atoms with Crippen LogP contribution in [-0.2, 0) is 15.3 Å². The number of amides is 1. The summed E-state index contributed by atoms with van der Waals surface area (Å²) in [4.78, 5) is 14.7. The van der Waals surface area contributed by atoms with Crippen molar-refractivity contribution < 1.29 is 13.2 Å². The predicted molar refractivity (Wildman–Crippen MR) is 117 cm³/mol. The van der Waals surface area contributed by atoms with Gasteiger partial charge in [0.1, 0.15) is 0 Å². The highest BCUT2D eigenvalue weighted by Crippen LogP contribution is 2.26. The SMILES string of the molecule is CCCCCCCCN(C(=O)C(C)c1ccc(C)c(N=S(=O)=O)c1)C(=S)NC. The molecule has 0 aromatic heterocycles. The van der Waals surface area contributed by atoms with Gasteiger partial charge in [-0.05, 0) is 49.7 Å². The lowest BCUT2D eigenvalue weighted by Crippen LogP contribution is -2.44. The van der Waals surface area contributed by atoms with E-state index in [0.29, 0.717) is 22.9 Å². The summed E-state index contributed by atoms with van der Waals surface area (Å²) in [5.41, 5.74) is 1.80. The Labute approximate surface area is 175 Å². The van der Waals surface area contributed by atoms with Gasteiger partial charge in [0.2, 0.25) is 5.91 Å². The zero-order valence-corrected chi connectivity index (χ0v) is 18.8. The number of carbonyl (C=O) groups is 1. The van der Waals surface area contributed by atoms with Gasteiger partial charge >= 0.3 is 10.5 Å². The maximum atomic E-state index is 13.1. The van der Waals surface area contributed by atoms with E-state index in [-0.39, 0.29) is 5.91 Å². The van der Waals surface area contributed by atoms with E-state index < -0.39 is 16.4 Å². The summed E-state index contributed by atoms with van der Waals surface area (Å²) in [7, 11) is -0.827. The van der Waals surface area contributed by atoms with Crippen LogP contribution in [-0.4, -0.2) is 37.9 Å². The second kappa shape index (κ2) is 12.6. The molecular formula is C20H31N3O3S2. The highest BCUT2D eigenvalue weighted by molar-refractivity contribution is 7.80. The quantitative estimate of drug-likeness (QED) is 0.441. The lowest BCUT2D eigenvalue weighted by Gasteiger charge is -2.26. The molecule has 1 aromatic rings. The van der Waals surface area contributed by atoms with Crippen LogP contribution in [0.2, 0.25) is 0 Å². The maximum Gasteiger partial charge on any atom is 0.316 e. The summed E-state index contributed by atoms with van der Waals surface area (Å²) in [6, 6.07) is 5.26. The molecule has 0 aliphatic heterocycles. The first-order chi connectivity index (χ1) is 13.3. The van der Waals surface area contributed by atoms with Crippen LogP contribution in [0.15, 0.2) is 22.6 Å². The Bertz CT molecular complexity index is 799. The summed E-state index contributed by atoms with van der Waals surface area (Å²) in [5, 5.41) is 3.30. The number of thiocarbonyl (C=S) groups is 1. The van der Waals surface area contributed by atoms with E-state index in [1.807, 2.05) is 6.07 Å². The van der Waals surface area contributed by atoms with E-state index in [1.54, 1.807) is 37.9 Å². The number of hydrogen-bond acceptors (Lipinski definition) is 5. The number of benzene rings is 1. The van der Waals surface area contributed by atoms with Crippen molar-refractivity contribution in [2.45, 2.75) is 65.2 Å².